The van der Waals surface area contributed by atoms with E-state index in [4.69, 9.17) is 26.5 Å². The number of benzene rings is 2. The highest BCUT2D eigenvalue weighted by Crippen LogP contribution is 2.43. The Hall–Kier alpha value is -4.35. The molecule has 0 saturated heterocycles. The monoisotopic (exact) mass is 585 g/mol. The number of anilines is 1. The lowest BCUT2D eigenvalue weighted by Crippen LogP contribution is -2.16. The zero-order valence-corrected chi connectivity index (χ0v) is 22.2. The number of primary amides is 1. The molecule has 3 aromatic heterocycles. The number of nitrogens with zero attached hydrogens (tertiary/aromatic N) is 1. The van der Waals surface area contributed by atoms with Gasteiger partial charge in [-0.15, -0.1) is 11.3 Å². The smallest absolute Gasteiger partial charge is 0.433 e. The molecule has 2 aromatic carbocycles. The van der Waals surface area contributed by atoms with Crippen LogP contribution in [0.2, 0.25) is 5.02 Å². The molecule has 0 aliphatic carbocycles. The summed E-state index contributed by atoms with van der Waals surface area (Å²) in [5.74, 6) is -0.858. The number of nitrogens with one attached hydrogen (secondary N) is 1. The van der Waals surface area contributed by atoms with Gasteiger partial charge in [0.25, 0.3) is 11.8 Å². The first kappa shape index (κ1) is 27.2. The standard InChI is InChI=1S/C28H19ClF3N3O4S/c1-14-11-16(29)7-9-19(14)38-13-17-8-10-20(39-17)26(37)35-23-22-18(15-5-3-2-4-6-15)12-21(28(30,31)32)34-27(22)40-24(23)25(33)36/h2-12H,13H2,1H3,(H2,33,36)(H,35,37). The van der Waals surface area contributed by atoms with Gasteiger partial charge in [-0.25, -0.2) is 4.98 Å². The molecule has 0 spiro atoms. The molecule has 0 fully saturated rings. The number of rotatable bonds is 7. The van der Waals surface area contributed by atoms with Gasteiger partial charge >= 0.3 is 6.18 Å². The summed E-state index contributed by atoms with van der Waals surface area (Å²) in [6, 6.07) is 17.2. The van der Waals surface area contributed by atoms with Gasteiger partial charge in [-0.05, 0) is 60.0 Å². The lowest BCUT2D eigenvalue weighted by molar-refractivity contribution is -0.140. The molecule has 0 atom stereocenters. The third kappa shape index (κ3) is 5.51. The zero-order chi connectivity index (χ0) is 28.6. The molecule has 0 aliphatic heterocycles. The largest absolute Gasteiger partial charge is 0.485 e. The van der Waals surface area contributed by atoms with Crippen molar-refractivity contribution in [1.29, 1.82) is 0 Å². The molecule has 204 valence electrons. The van der Waals surface area contributed by atoms with E-state index >= 15 is 0 Å². The molecular formula is C28H19ClF3N3O4S. The Morgan fingerprint density at radius 1 is 1.10 bits per heavy atom. The number of halogens is 4. The predicted octanol–water partition coefficient (Wildman–Crippen LogP) is 7.47. The molecule has 0 unspecified atom stereocenters. The lowest BCUT2D eigenvalue weighted by atomic mass is 10.0. The van der Waals surface area contributed by atoms with E-state index in [9.17, 15) is 22.8 Å². The molecule has 0 radical (unpaired) electrons. The van der Waals surface area contributed by atoms with Crippen molar-refractivity contribution in [2.45, 2.75) is 19.7 Å². The first-order valence-electron chi connectivity index (χ1n) is 11.7. The van der Waals surface area contributed by atoms with E-state index in [1.165, 1.54) is 6.07 Å². The van der Waals surface area contributed by atoms with Crippen molar-refractivity contribution >= 4 is 50.7 Å². The number of aryl methyl sites for hydroxylation is 1. The predicted molar refractivity (Wildman–Crippen MR) is 146 cm³/mol. The number of amides is 2. The number of hydrogen-bond acceptors (Lipinski definition) is 6. The number of ether oxygens (including phenoxy) is 1. The van der Waals surface area contributed by atoms with Crippen LogP contribution >= 0.6 is 22.9 Å². The highest BCUT2D eigenvalue weighted by molar-refractivity contribution is 7.21. The molecule has 7 nitrogen and oxygen atoms in total. The van der Waals surface area contributed by atoms with Crippen LogP contribution in [0.3, 0.4) is 0 Å². The Morgan fingerprint density at radius 3 is 2.52 bits per heavy atom. The molecular weight excluding hydrogens is 567 g/mol. The van der Waals surface area contributed by atoms with Crippen LogP contribution in [0.1, 0.15) is 37.2 Å². The third-order valence-corrected chi connectivity index (χ3v) is 7.23. The van der Waals surface area contributed by atoms with E-state index in [0.29, 0.717) is 33.4 Å². The number of hydrogen-bond donors (Lipinski definition) is 2. The van der Waals surface area contributed by atoms with Gasteiger partial charge in [-0.1, -0.05) is 41.9 Å². The van der Waals surface area contributed by atoms with Crippen molar-refractivity contribution in [2.24, 2.45) is 5.73 Å². The number of carbonyl (C=O) groups excluding carboxylic acids is 2. The number of alkyl halides is 3. The Balaban J connectivity index is 1.50. The minimum absolute atomic E-state index is 0.0198. The molecule has 2 amide bonds. The van der Waals surface area contributed by atoms with Crippen LogP contribution in [0.15, 0.2) is 71.1 Å². The van der Waals surface area contributed by atoms with Gasteiger partial charge in [0, 0.05) is 10.4 Å². The van der Waals surface area contributed by atoms with Gasteiger partial charge < -0.3 is 20.2 Å². The Bertz CT molecular complexity index is 1750. The molecule has 0 saturated carbocycles. The maximum atomic E-state index is 13.7. The summed E-state index contributed by atoms with van der Waals surface area (Å²) < 4.78 is 52.4. The van der Waals surface area contributed by atoms with Gasteiger partial charge in [0.1, 0.15) is 33.5 Å². The van der Waals surface area contributed by atoms with Crippen molar-refractivity contribution in [3.63, 3.8) is 0 Å². The molecule has 3 heterocycles. The highest BCUT2D eigenvalue weighted by atomic mass is 35.5. The van der Waals surface area contributed by atoms with Crippen LogP contribution in [-0.4, -0.2) is 16.8 Å². The van der Waals surface area contributed by atoms with E-state index in [-0.39, 0.29) is 38.7 Å². The van der Waals surface area contributed by atoms with Gasteiger partial charge in [0.05, 0.1) is 5.69 Å². The van der Waals surface area contributed by atoms with Crippen LogP contribution in [0, 0.1) is 6.92 Å². The van der Waals surface area contributed by atoms with Crippen LogP contribution < -0.4 is 15.8 Å². The first-order valence-corrected chi connectivity index (χ1v) is 12.9. The maximum Gasteiger partial charge on any atom is 0.433 e. The van der Waals surface area contributed by atoms with Gasteiger partial charge in [-0.2, -0.15) is 13.2 Å². The van der Waals surface area contributed by atoms with E-state index in [1.54, 1.807) is 54.6 Å². The fourth-order valence-corrected chi connectivity index (χ4v) is 5.29. The number of pyridine rings is 1. The van der Waals surface area contributed by atoms with Crippen LogP contribution in [0.25, 0.3) is 21.3 Å². The number of nitrogens with two attached hydrogens (primary N) is 1. The van der Waals surface area contributed by atoms with Crippen LogP contribution in [-0.2, 0) is 12.8 Å². The van der Waals surface area contributed by atoms with Gasteiger partial charge in [0.2, 0.25) is 0 Å². The molecule has 40 heavy (non-hydrogen) atoms. The molecule has 0 bridgehead atoms. The average Bonchev–Trinajstić information content (AvgIpc) is 3.53. The lowest BCUT2D eigenvalue weighted by Gasteiger charge is -2.12. The first-order chi connectivity index (χ1) is 19.0. The fraction of sp³-hybridized carbons (Fsp3) is 0.107. The summed E-state index contributed by atoms with van der Waals surface area (Å²) in [5, 5.41) is 3.32. The normalized spacial score (nSPS) is 11.5. The van der Waals surface area contributed by atoms with E-state index in [2.05, 4.69) is 10.3 Å². The Labute approximate surface area is 234 Å². The van der Waals surface area contributed by atoms with Crippen molar-refractivity contribution in [3.05, 3.63) is 99.4 Å². The summed E-state index contributed by atoms with van der Waals surface area (Å²) >= 11 is 6.63. The van der Waals surface area contributed by atoms with Crippen LogP contribution in [0.5, 0.6) is 5.75 Å². The van der Waals surface area contributed by atoms with Gasteiger partial charge in [-0.3, -0.25) is 9.59 Å². The van der Waals surface area contributed by atoms with Crippen molar-refractivity contribution < 1.29 is 31.9 Å². The summed E-state index contributed by atoms with van der Waals surface area (Å²) in [6.45, 7) is 1.85. The second kappa shape index (κ2) is 10.7. The number of aromatic nitrogens is 1. The number of thiophene rings is 1. The molecule has 5 rings (SSSR count). The zero-order valence-electron chi connectivity index (χ0n) is 20.6. The second-order valence-corrected chi connectivity index (χ2v) is 10.1. The molecule has 3 N–H and O–H groups in total. The van der Waals surface area contributed by atoms with Gasteiger partial charge in [0.15, 0.2) is 5.76 Å². The van der Waals surface area contributed by atoms with E-state index in [1.807, 2.05) is 6.92 Å². The summed E-state index contributed by atoms with van der Waals surface area (Å²) in [4.78, 5) is 28.9. The van der Waals surface area contributed by atoms with Crippen molar-refractivity contribution in [3.8, 4) is 16.9 Å². The topological polar surface area (TPSA) is 107 Å². The molecule has 0 aliphatic rings. The fourth-order valence-electron chi connectivity index (χ4n) is 4.06. The Kier molecular flexibility index (Phi) is 7.26. The second-order valence-electron chi connectivity index (χ2n) is 8.69. The highest BCUT2D eigenvalue weighted by Gasteiger charge is 2.35. The molecule has 12 heteroatoms. The summed E-state index contributed by atoms with van der Waals surface area (Å²) in [5.41, 5.74) is 5.73. The van der Waals surface area contributed by atoms with Crippen molar-refractivity contribution in [2.75, 3.05) is 5.32 Å². The quantitative estimate of drug-likeness (QED) is 0.206. The minimum Gasteiger partial charge on any atom is -0.485 e. The Morgan fingerprint density at radius 2 is 1.85 bits per heavy atom. The van der Waals surface area contributed by atoms with E-state index < -0.39 is 23.7 Å². The maximum absolute atomic E-state index is 13.7. The summed E-state index contributed by atoms with van der Waals surface area (Å²) in [7, 11) is 0. The average molecular weight is 586 g/mol. The number of carbonyl (C=O) groups is 2. The van der Waals surface area contributed by atoms with Crippen molar-refractivity contribution in [1.82, 2.24) is 4.98 Å². The SMILES string of the molecule is Cc1cc(Cl)ccc1OCc1ccc(C(=O)Nc2c(C(N)=O)sc3nc(C(F)(F)F)cc(-c4ccccc4)c23)o1. The minimum atomic E-state index is -4.74. The van der Waals surface area contributed by atoms with E-state index in [0.717, 1.165) is 11.6 Å². The summed E-state index contributed by atoms with van der Waals surface area (Å²) in [6.07, 6.45) is -4.74. The third-order valence-electron chi connectivity index (χ3n) is 5.89. The number of fused-ring (bicyclic) bond motifs is 1. The van der Waals surface area contributed by atoms with Crippen LogP contribution in [0.4, 0.5) is 18.9 Å². The number of furan rings is 1. The molecule has 5 aromatic rings.